The number of aromatic nitrogens is 1. The van der Waals surface area contributed by atoms with Crippen molar-refractivity contribution in [3.8, 4) is 0 Å². The number of hydrogen-bond acceptors (Lipinski definition) is 5. The highest BCUT2D eigenvalue weighted by Gasteiger charge is 2.34. The third kappa shape index (κ3) is 3.65. The summed E-state index contributed by atoms with van der Waals surface area (Å²) in [5, 5.41) is 11.5. The lowest BCUT2D eigenvalue weighted by Gasteiger charge is -2.07. The van der Waals surface area contributed by atoms with Crippen molar-refractivity contribution in [1.29, 1.82) is 0 Å². The summed E-state index contributed by atoms with van der Waals surface area (Å²) in [7, 11) is 0. The number of nitro benzene ring substituents is 1. The fraction of sp³-hybridized carbons (Fsp3) is 0.0909. The number of rotatable bonds is 6. The first-order valence-electron chi connectivity index (χ1n) is 9.15. The Labute approximate surface area is 176 Å². The zero-order valence-electron chi connectivity index (χ0n) is 15.9. The van der Waals surface area contributed by atoms with E-state index in [1.807, 2.05) is 35.0 Å². The SMILES string of the molecule is C=CCN1C(=O)S/C(=C/c2cn(Cc3ccc([N+](=O)[O-])cc3)c3ccccc23)C1=O. The normalized spacial score (nSPS) is 15.3. The molecule has 1 aliphatic rings. The molecule has 0 bridgehead atoms. The average molecular weight is 419 g/mol. The highest BCUT2D eigenvalue weighted by atomic mass is 32.2. The Morgan fingerprint density at radius 3 is 2.53 bits per heavy atom. The van der Waals surface area contributed by atoms with Crippen molar-refractivity contribution in [3.05, 3.63) is 93.5 Å². The number of non-ortho nitro benzene ring substituents is 1. The van der Waals surface area contributed by atoms with Gasteiger partial charge in [-0.3, -0.25) is 24.6 Å². The minimum absolute atomic E-state index is 0.0482. The van der Waals surface area contributed by atoms with E-state index in [2.05, 4.69) is 6.58 Å². The van der Waals surface area contributed by atoms with Gasteiger partial charge in [-0.25, -0.2) is 0 Å². The highest BCUT2D eigenvalue weighted by molar-refractivity contribution is 8.18. The summed E-state index contributed by atoms with van der Waals surface area (Å²) in [5.74, 6) is -0.322. The molecule has 1 fully saturated rings. The monoisotopic (exact) mass is 419 g/mol. The van der Waals surface area contributed by atoms with Gasteiger partial charge in [0.05, 0.1) is 9.83 Å². The van der Waals surface area contributed by atoms with E-state index in [-0.39, 0.29) is 23.4 Å². The quantitative estimate of drug-likeness (QED) is 0.247. The van der Waals surface area contributed by atoms with Crippen molar-refractivity contribution in [2.24, 2.45) is 0 Å². The zero-order valence-corrected chi connectivity index (χ0v) is 16.7. The van der Waals surface area contributed by atoms with E-state index in [0.29, 0.717) is 11.4 Å². The van der Waals surface area contributed by atoms with Crippen molar-refractivity contribution in [2.45, 2.75) is 6.54 Å². The maximum Gasteiger partial charge on any atom is 0.293 e. The molecular formula is C22H17N3O4S. The number of nitro groups is 1. The van der Waals surface area contributed by atoms with Crippen LogP contribution in [0.15, 0.2) is 72.3 Å². The number of fused-ring (bicyclic) bond motifs is 1. The molecule has 1 aliphatic heterocycles. The molecular weight excluding hydrogens is 402 g/mol. The van der Waals surface area contributed by atoms with Gasteiger partial charge in [-0.15, -0.1) is 6.58 Å². The summed E-state index contributed by atoms with van der Waals surface area (Å²) < 4.78 is 2.02. The molecule has 2 aromatic carbocycles. The third-order valence-corrected chi connectivity index (χ3v) is 5.70. The van der Waals surface area contributed by atoms with Crippen LogP contribution < -0.4 is 0 Å². The van der Waals surface area contributed by atoms with Crippen LogP contribution in [-0.4, -0.2) is 32.1 Å². The Morgan fingerprint density at radius 1 is 1.10 bits per heavy atom. The van der Waals surface area contributed by atoms with Gasteiger partial charge < -0.3 is 4.57 Å². The first kappa shape index (κ1) is 19.7. The van der Waals surface area contributed by atoms with Gasteiger partial charge in [0.2, 0.25) is 0 Å². The molecule has 8 heteroatoms. The van der Waals surface area contributed by atoms with Crippen LogP contribution in [0, 0.1) is 10.1 Å². The van der Waals surface area contributed by atoms with Gasteiger partial charge in [-0.05, 0) is 29.5 Å². The molecule has 30 heavy (non-hydrogen) atoms. The average Bonchev–Trinajstić information content (AvgIpc) is 3.21. The summed E-state index contributed by atoms with van der Waals surface area (Å²) >= 11 is 0.920. The summed E-state index contributed by atoms with van der Waals surface area (Å²) in [4.78, 5) is 36.6. The zero-order chi connectivity index (χ0) is 21.3. The Hall–Kier alpha value is -3.65. The molecule has 0 spiro atoms. The number of carbonyl (C=O) groups excluding carboxylic acids is 2. The van der Waals surface area contributed by atoms with Crippen LogP contribution in [0.2, 0.25) is 0 Å². The number of benzene rings is 2. The molecule has 3 aromatic rings. The molecule has 2 amide bonds. The van der Waals surface area contributed by atoms with Crippen molar-refractivity contribution in [2.75, 3.05) is 6.54 Å². The molecule has 0 atom stereocenters. The molecule has 0 unspecified atom stereocenters. The Morgan fingerprint density at radius 2 is 1.83 bits per heavy atom. The molecule has 1 saturated heterocycles. The second kappa shape index (κ2) is 8.00. The van der Waals surface area contributed by atoms with Crippen molar-refractivity contribution >= 4 is 45.6 Å². The molecule has 150 valence electrons. The van der Waals surface area contributed by atoms with Crippen molar-refractivity contribution < 1.29 is 14.5 Å². The van der Waals surface area contributed by atoms with Crippen LogP contribution in [0.3, 0.4) is 0 Å². The number of carbonyl (C=O) groups is 2. The van der Waals surface area contributed by atoms with E-state index in [1.54, 1.807) is 18.2 Å². The molecule has 0 radical (unpaired) electrons. The predicted octanol–water partition coefficient (Wildman–Crippen LogP) is 4.82. The van der Waals surface area contributed by atoms with E-state index in [1.165, 1.54) is 23.1 Å². The number of imide groups is 1. The molecule has 7 nitrogen and oxygen atoms in total. The highest BCUT2D eigenvalue weighted by Crippen LogP contribution is 2.34. The molecule has 2 heterocycles. The molecule has 0 N–H and O–H groups in total. The van der Waals surface area contributed by atoms with E-state index >= 15 is 0 Å². The fourth-order valence-electron chi connectivity index (χ4n) is 3.37. The van der Waals surface area contributed by atoms with E-state index < -0.39 is 4.92 Å². The third-order valence-electron chi connectivity index (χ3n) is 4.79. The largest absolute Gasteiger partial charge is 0.342 e. The first-order chi connectivity index (χ1) is 14.5. The Bertz CT molecular complexity index is 1210. The Balaban J connectivity index is 1.69. The van der Waals surface area contributed by atoms with Crippen LogP contribution in [-0.2, 0) is 11.3 Å². The lowest BCUT2D eigenvalue weighted by atomic mass is 10.1. The summed E-state index contributed by atoms with van der Waals surface area (Å²) in [5.41, 5.74) is 2.76. The van der Waals surface area contributed by atoms with Crippen molar-refractivity contribution in [3.63, 3.8) is 0 Å². The van der Waals surface area contributed by atoms with Gasteiger partial charge in [0.1, 0.15) is 0 Å². The van der Waals surface area contributed by atoms with Crippen LogP contribution in [0.5, 0.6) is 0 Å². The topological polar surface area (TPSA) is 85.4 Å². The second-order valence-corrected chi connectivity index (χ2v) is 7.73. The van der Waals surface area contributed by atoms with Crippen molar-refractivity contribution in [1.82, 2.24) is 9.47 Å². The summed E-state index contributed by atoms with van der Waals surface area (Å²) in [6, 6.07) is 14.2. The number of hydrogen-bond donors (Lipinski definition) is 0. The van der Waals surface area contributed by atoms with E-state index in [9.17, 15) is 19.7 Å². The van der Waals surface area contributed by atoms with Crippen LogP contribution in [0.1, 0.15) is 11.1 Å². The number of thioether (sulfide) groups is 1. The molecule has 0 aliphatic carbocycles. The number of para-hydroxylation sites is 1. The number of amides is 2. The lowest BCUT2D eigenvalue weighted by molar-refractivity contribution is -0.384. The summed E-state index contributed by atoms with van der Waals surface area (Å²) in [6.45, 7) is 4.29. The van der Waals surface area contributed by atoms with Gasteiger partial charge >= 0.3 is 0 Å². The van der Waals surface area contributed by atoms with Gasteiger partial charge in [0.25, 0.3) is 16.8 Å². The molecule has 4 rings (SSSR count). The van der Waals surface area contributed by atoms with Gasteiger partial charge in [0, 0.05) is 47.9 Å². The van der Waals surface area contributed by atoms with Gasteiger partial charge in [-0.2, -0.15) is 0 Å². The summed E-state index contributed by atoms with van der Waals surface area (Å²) in [6.07, 6.45) is 5.19. The van der Waals surface area contributed by atoms with Crippen LogP contribution in [0.4, 0.5) is 10.5 Å². The van der Waals surface area contributed by atoms with E-state index in [4.69, 9.17) is 0 Å². The van der Waals surface area contributed by atoms with E-state index in [0.717, 1.165) is 33.8 Å². The minimum atomic E-state index is -0.424. The Kier molecular flexibility index (Phi) is 5.24. The molecule has 0 saturated carbocycles. The fourth-order valence-corrected chi connectivity index (χ4v) is 4.21. The van der Waals surface area contributed by atoms with Gasteiger partial charge in [-0.1, -0.05) is 36.4 Å². The first-order valence-corrected chi connectivity index (χ1v) is 9.97. The van der Waals surface area contributed by atoms with Crippen LogP contribution in [0.25, 0.3) is 17.0 Å². The standard InChI is InChI=1S/C22H17N3O4S/c1-2-11-24-21(26)20(30-22(24)27)12-16-14-23(19-6-4-3-5-18(16)19)13-15-7-9-17(10-8-15)25(28)29/h2-10,12,14H,1,11,13H2/b20-12+. The predicted molar refractivity (Wildman–Crippen MR) is 117 cm³/mol. The smallest absolute Gasteiger partial charge is 0.293 e. The maximum atomic E-state index is 12.5. The maximum absolute atomic E-state index is 12.5. The lowest BCUT2D eigenvalue weighted by Crippen LogP contribution is -2.27. The van der Waals surface area contributed by atoms with Gasteiger partial charge in [0.15, 0.2) is 0 Å². The second-order valence-electron chi connectivity index (χ2n) is 6.73. The minimum Gasteiger partial charge on any atom is -0.342 e. The molecule has 1 aromatic heterocycles. The number of nitrogens with zero attached hydrogens (tertiary/aromatic N) is 3. The van der Waals surface area contributed by atoms with Crippen LogP contribution >= 0.6 is 11.8 Å².